The quantitative estimate of drug-likeness (QED) is 0.839. The number of nitrogens with zero attached hydrogens (tertiary/aromatic N) is 1. The van der Waals surface area contributed by atoms with E-state index in [9.17, 15) is 9.59 Å². The summed E-state index contributed by atoms with van der Waals surface area (Å²) in [5, 5.41) is 0. The van der Waals surface area contributed by atoms with Crippen molar-refractivity contribution in [2.45, 2.75) is 19.8 Å². The molecule has 0 bridgehead atoms. The van der Waals surface area contributed by atoms with Crippen LogP contribution in [-0.2, 0) is 4.79 Å². The van der Waals surface area contributed by atoms with Gasteiger partial charge in [0, 0.05) is 32.0 Å². The molecule has 5 nitrogen and oxygen atoms in total. The summed E-state index contributed by atoms with van der Waals surface area (Å²) in [5.41, 5.74) is 0. The molecule has 102 valence electrons. The first kappa shape index (κ1) is 13.4. The Morgan fingerprint density at radius 1 is 1.26 bits per heavy atom. The Morgan fingerprint density at radius 3 is 2.63 bits per heavy atom. The minimum absolute atomic E-state index is 0.197. The van der Waals surface area contributed by atoms with Gasteiger partial charge in [0.05, 0.1) is 6.61 Å². The van der Waals surface area contributed by atoms with E-state index in [4.69, 9.17) is 9.47 Å². The molecule has 2 rings (SSSR count). The van der Waals surface area contributed by atoms with Gasteiger partial charge in [0.25, 0.3) is 0 Å². The van der Waals surface area contributed by atoms with E-state index in [1.807, 2.05) is 6.92 Å². The molecule has 1 aliphatic heterocycles. The second-order valence-electron chi connectivity index (χ2n) is 4.30. The van der Waals surface area contributed by atoms with Gasteiger partial charge in [-0.3, -0.25) is 4.79 Å². The third-order valence-corrected chi connectivity index (χ3v) is 2.90. The minimum atomic E-state index is -0.416. The molecule has 1 heterocycles. The van der Waals surface area contributed by atoms with Gasteiger partial charge in [0.1, 0.15) is 17.3 Å². The van der Waals surface area contributed by atoms with Crippen LogP contribution in [0.25, 0.3) is 0 Å². The smallest absolute Gasteiger partial charge is 0.415 e. The molecule has 5 heteroatoms. The van der Waals surface area contributed by atoms with Crippen LogP contribution in [0.2, 0.25) is 0 Å². The number of ether oxygens (including phenoxy) is 2. The van der Waals surface area contributed by atoms with Gasteiger partial charge < -0.3 is 14.4 Å². The van der Waals surface area contributed by atoms with Gasteiger partial charge >= 0.3 is 6.09 Å². The summed E-state index contributed by atoms with van der Waals surface area (Å²) in [6, 6.07) is 6.96. The Bertz CT molecular complexity index is 462. The number of carbonyl (C=O) groups excluding carboxylic acids is 2. The monoisotopic (exact) mass is 263 g/mol. The molecular weight excluding hydrogens is 246 g/mol. The Labute approximate surface area is 112 Å². The summed E-state index contributed by atoms with van der Waals surface area (Å²) in [6.07, 6.45) is 0.406. The molecule has 0 aliphatic carbocycles. The molecule has 0 atom stereocenters. The number of likely N-dealkylation sites (tertiary alicyclic amines) is 1. The lowest BCUT2D eigenvalue weighted by Crippen LogP contribution is -2.40. The molecule has 0 unspecified atom stereocenters. The van der Waals surface area contributed by atoms with Crippen molar-refractivity contribution in [2.75, 3.05) is 19.7 Å². The van der Waals surface area contributed by atoms with E-state index < -0.39 is 6.09 Å². The van der Waals surface area contributed by atoms with Crippen molar-refractivity contribution < 1.29 is 19.1 Å². The summed E-state index contributed by atoms with van der Waals surface area (Å²) in [7, 11) is 0. The lowest BCUT2D eigenvalue weighted by Gasteiger charge is -2.25. The first-order valence-electron chi connectivity index (χ1n) is 6.40. The van der Waals surface area contributed by atoms with Crippen LogP contribution < -0.4 is 9.47 Å². The summed E-state index contributed by atoms with van der Waals surface area (Å²) in [4.78, 5) is 24.6. The maximum absolute atomic E-state index is 11.9. The van der Waals surface area contributed by atoms with Gasteiger partial charge in [-0.2, -0.15) is 0 Å². The molecule has 0 spiro atoms. The van der Waals surface area contributed by atoms with Gasteiger partial charge in [0.2, 0.25) is 0 Å². The molecule has 0 radical (unpaired) electrons. The molecule has 0 aromatic heterocycles. The number of rotatable bonds is 3. The third kappa shape index (κ3) is 3.71. The Hall–Kier alpha value is -2.04. The number of Topliss-reactive ketones (excluding diaryl/α,β-unsaturated/α-hetero) is 1. The zero-order valence-corrected chi connectivity index (χ0v) is 10.9. The van der Waals surface area contributed by atoms with Gasteiger partial charge in [-0.1, -0.05) is 6.07 Å². The molecule has 1 amide bonds. The van der Waals surface area contributed by atoms with Gasteiger partial charge in [-0.25, -0.2) is 4.79 Å². The van der Waals surface area contributed by atoms with Crippen LogP contribution in [0.15, 0.2) is 24.3 Å². The van der Waals surface area contributed by atoms with E-state index in [2.05, 4.69) is 0 Å². The SMILES string of the molecule is CCOc1cccc(OC(=O)N2CCC(=O)CC2)c1. The lowest BCUT2D eigenvalue weighted by molar-refractivity contribution is -0.121. The fourth-order valence-electron chi connectivity index (χ4n) is 1.90. The van der Waals surface area contributed by atoms with E-state index in [1.54, 1.807) is 29.2 Å². The molecule has 1 aliphatic rings. The Balaban J connectivity index is 1.94. The largest absolute Gasteiger partial charge is 0.494 e. The normalized spacial score (nSPS) is 15.2. The predicted octanol–water partition coefficient (Wildman–Crippen LogP) is 2.25. The highest BCUT2D eigenvalue weighted by atomic mass is 16.6. The first-order chi connectivity index (χ1) is 9.19. The Morgan fingerprint density at radius 2 is 1.95 bits per heavy atom. The standard InChI is InChI=1S/C14H17NO4/c1-2-18-12-4-3-5-13(10-12)19-14(17)15-8-6-11(16)7-9-15/h3-5,10H,2,6-9H2,1H3. The number of carbonyl (C=O) groups is 2. The highest BCUT2D eigenvalue weighted by Gasteiger charge is 2.22. The van der Waals surface area contributed by atoms with Crippen LogP contribution in [0.3, 0.4) is 0 Å². The summed E-state index contributed by atoms with van der Waals surface area (Å²) in [6.45, 7) is 3.32. The Kier molecular flexibility index (Phi) is 4.39. The van der Waals surface area contributed by atoms with Crippen molar-refractivity contribution in [3.05, 3.63) is 24.3 Å². The van der Waals surface area contributed by atoms with E-state index in [-0.39, 0.29) is 5.78 Å². The van der Waals surface area contributed by atoms with E-state index >= 15 is 0 Å². The van der Waals surface area contributed by atoms with E-state index in [0.717, 1.165) is 0 Å². The molecule has 0 saturated carbocycles. The zero-order chi connectivity index (χ0) is 13.7. The summed E-state index contributed by atoms with van der Waals surface area (Å²) >= 11 is 0. The number of hydrogen-bond acceptors (Lipinski definition) is 4. The molecule has 1 aromatic rings. The van der Waals surface area contributed by atoms with Crippen LogP contribution in [0.1, 0.15) is 19.8 Å². The molecule has 1 saturated heterocycles. The van der Waals surface area contributed by atoms with Crippen LogP contribution in [0.5, 0.6) is 11.5 Å². The van der Waals surface area contributed by atoms with Crippen molar-refractivity contribution in [1.29, 1.82) is 0 Å². The fourth-order valence-corrected chi connectivity index (χ4v) is 1.90. The highest BCUT2D eigenvalue weighted by Crippen LogP contribution is 2.20. The number of benzene rings is 1. The minimum Gasteiger partial charge on any atom is -0.494 e. The second kappa shape index (κ2) is 6.22. The van der Waals surface area contributed by atoms with Crippen LogP contribution in [-0.4, -0.2) is 36.5 Å². The van der Waals surface area contributed by atoms with E-state index in [1.165, 1.54) is 0 Å². The average molecular weight is 263 g/mol. The summed E-state index contributed by atoms with van der Waals surface area (Å²) in [5.74, 6) is 1.32. The van der Waals surface area contributed by atoms with Crippen LogP contribution >= 0.6 is 0 Å². The zero-order valence-electron chi connectivity index (χ0n) is 10.9. The summed E-state index contributed by atoms with van der Waals surface area (Å²) < 4.78 is 10.6. The molecule has 19 heavy (non-hydrogen) atoms. The van der Waals surface area contributed by atoms with Gasteiger partial charge in [0.15, 0.2) is 0 Å². The molecular formula is C14H17NO4. The first-order valence-corrected chi connectivity index (χ1v) is 6.40. The highest BCUT2D eigenvalue weighted by molar-refractivity contribution is 5.81. The average Bonchev–Trinajstić information content (AvgIpc) is 2.40. The van der Waals surface area contributed by atoms with Crippen molar-refractivity contribution in [2.24, 2.45) is 0 Å². The van der Waals surface area contributed by atoms with Crippen LogP contribution in [0, 0.1) is 0 Å². The molecule has 1 aromatic carbocycles. The number of hydrogen-bond donors (Lipinski definition) is 0. The lowest BCUT2D eigenvalue weighted by atomic mass is 10.1. The van der Waals surface area contributed by atoms with Crippen molar-refractivity contribution in [3.63, 3.8) is 0 Å². The number of amides is 1. The van der Waals surface area contributed by atoms with Crippen molar-refractivity contribution in [1.82, 2.24) is 4.90 Å². The van der Waals surface area contributed by atoms with Crippen molar-refractivity contribution in [3.8, 4) is 11.5 Å². The fraction of sp³-hybridized carbons (Fsp3) is 0.429. The van der Waals surface area contributed by atoms with Crippen molar-refractivity contribution >= 4 is 11.9 Å². The number of piperidine rings is 1. The van der Waals surface area contributed by atoms with Gasteiger partial charge in [-0.05, 0) is 19.1 Å². The van der Waals surface area contributed by atoms with E-state index in [0.29, 0.717) is 44.0 Å². The maximum atomic E-state index is 11.9. The van der Waals surface area contributed by atoms with Crippen LogP contribution in [0.4, 0.5) is 4.79 Å². The maximum Gasteiger partial charge on any atom is 0.415 e. The van der Waals surface area contributed by atoms with Gasteiger partial charge in [-0.15, -0.1) is 0 Å². The topological polar surface area (TPSA) is 55.8 Å². The number of ketones is 1. The molecule has 0 N–H and O–H groups in total. The second-order valence-corrected chi connectivity index (χ2v) is 4.30. The predicted molar refractivity (Wildman–Crippen MR) is 69.4 cm³/mol. The molecule has 1 fully saturated rings. The third-order valence-electron chi connectivity index (χ3n) is 2.90.